The lowest BCUT2D eigenvalue weighted by Crippen LogP contribution is -2.62. The lowest BCUT2D eigenvalue weighted by Gasteiger charge is -2.46. The van der Waals surface area contributed by atoms with Crippen LogP contribution in [0.25, 0.3) is 0 Å². The van der Waals surface area contributed by atoms with Crippen molar-refractivity contribution in [1.29, 1.82) is 0 Å². The molecule has 0 amide bonds. The quantitative estimate of drug-likeness (QED) is 0.151. The minimum absolute atomic E-state index is 0.0225. The number of carbonyl (C=O) groups excluding carboxylic acids is 1. The van der Waals surface area contributed by atoms with Crippen LogP contribution in [-0.4, -0.2) is 126 Å². The summed E-state index contributed by atoms with van der Waals surface area (Å²) in [4.78, 5) is 13.4. The van der Waals surface area contributed by atoms with Crippen molar-refractivity contribution in [1.82, 2.24) is 0 Å². The van der Waals surface area contributed by atoms with Crippen LogP contribution in [-0.2, 0) is 15.1 Å². The average molecular weight is 569 g/mol. The van der Waals surface area contributed by atoms with Gasteiger partial charge in [-0.2, -0.15) is 0 Å². The summed E-state index contributed by atoms with van der Waals surface area (Å²) in [6.45, 7) is -1.09. The molecule has 2 heterocycles. The van der Waals surface area contributed by atoms with Gasteiger partial charge < -0.3 is 65.3 Å². The largest absolute Gasteiger partial charge is 0.507 e. The van der Waals surface area contributed by atoms with E-state index in [1.807, 2.05) is 0 Å². The molecule has 0 spiro atoms. The van der Waals surface area contributed by atoms with Crippen LogP contribution in [0.5, 0.6) is 17.2 Å². The van der Waals surface area contributed by atoms with Crippen LogP contribution in [0.4, 0.5) is 0 Å². The molecular weight excluding hydrogens is 536 g/mol. The van der Waals surface area contributed by atoms with Gasteiger partial charge in [-0.25, -0.2) is 0 Å². The minimum atomic E-state index is -2.90. The van der Waals surface area contributed by atoms with Gasteiger partial charge in [0.15, 0.2) is 5.60 Å². The fraction of sp³-hybridized carbons (Fsp3) is 0.500. The summed E-state index contributed by atoms with van der Waals surface area (Å²) in [5.74, 6) is -3.52. The van der Waals surface area contributed by atoms with Crippen LogP contribution in [0.3, 0.4) is 0 Å². The Hall–Kier alpha value is -2.89. The van der Waals surface area contributed by atoms with Gasteiger partial charge in [-0.3, -0.25) is 4.79 Å². The predicted molar refractivity (Wildman–Crippen MR) is 132 cm³/mol. The third-order valence-electron chi connectivity index (χ3n) is 7.34. The van der Waals surface area contributed by atoms with Crippen molar-refractivity contribution in [2.24, 2.45) is 0 Å². The van der Waals surface area contributed by atoms with Crippen molar-refractivity contribution in [3.63, 3.8) is 0 Å². The predicted octanol–water partition coefficient (Wildman–Crippen LogP) is -2.88. The summed E-state index contributed by atoms with van der Waals surface area (Å²) in [5.41, 5.74) is -4.75. The molecule has 0 aliphatic carbocycles. The first-order chi connectivity index (χ1) is 18.9. The van der Waals surface area contributed by atoms with E-state index in [4.69, 9.17) is 14.2 Å². The number of ketones is 1. The highest BCUT2D eigenvalue weighted by Gasteiger charge is 2.56. The molecule has 2 aromatic carbocycles. The first-order valence-corrected chi connectivity index (χ1v) is 12.4. The lowest BCUT2D eigenvalue weighted by molar-refractivity contribution is -0.279. The molecular formula is C26H32O14. The van der Waals surface area contributed by atoms with Gasteiger partial charge in [-0.15, -0.1) is 0 Å². The fourth-order valence-corrected chi connectivity index (χ4v) is 4.96. The summed E-state index contributed by atoms with van der Waals surface area (Å²) >= 11 is 0. The normalized spacial score (nSPS) is 34.4. The van der Waals surface area contributed by atoms with E-state index < -0.39 is 109 Å². The Balaban J connectivity index is 1.96. The molecule has 0 radical (unpaired) electrons. The number of phenols is 2. The molecule has 0 saturated carbocycles. The summed E-state index contributed by atoms with van der Waals surface area (Å²) in [6, 6.07) is 7.46. The van der Waals surface area contributed by atoms with Gasteiger partial charge in [-0.05, 0) is 6.92 Å². The molecule has 2 fully saturated rings. The van der Waals surface area contributed by atoms with Crippen molar-refractivity contribution in [3.8, 4) is 17.2 Å². The Labute approximate surface area is 227 Å². The zero-order chi connectivity index (χ0) is 29.5. The zero-order valence-corrected chi connectivity index (χ0v) is 21.2. The fourth-order valence-electron chi connectivity index (χ4n) is 4.96. The van der Waals surface area contributed by atoms with E-state index in [0.29, 0.717) is 0 Å². The molecule has 2 saturated heterocycles. The standard InChI is InChI=1S/C26H32O14/c1-10-17(30)15(18(31)11-5-3-2-4-6-11)20(33)16(26(37)14(29)9-38-13(8-28)24(26)36)23(10)40-25-22(35)21(34)19(32)12(7-27)39-25/h2-6,12-14,19,21-22,24-25,27-30,32-37H,7-9H2,1H3/t12-,13-,14+,19-,21+,22-,24-,25-,26-/m1/s1. The maximum Gasteiger partial charge on any atom is 0.229 e. The Morgan fingerprint density at radius 3 is 2.17 bits per heavy atom. The van der Waals surface area contributed by atoms with Crippen LogP contribution < -0.4 is 4.74 Å². The molecule has 0 aromatic heterocycles. The second-order valence-corrected chi connectivity index (χ2v) is 9.75. The molecule has 2 aromatic rings. The lowest BCUT2D eigenvalue weighted by atomic mass is 9.76. The molecule has 220 valence electrons. The third kappa shape index (κ3) is 4.81. The first kappa shape index (κ1) is 30.1. The number of rotatable bonds is 7. The van der Waals surface area contributed by atoms with Crippen LogP contribution in [0, 0.1) is 6.92 Å². The monoisotopic (exact) mass is 568 g/mol. The molecule has 2 aliphatic heterocycles. The van der Waals surface area contributed by atoms with Crippen molar-refractivity contribution < 1.29 is 70.1 Å². The number of benzene rings is 2. The van der Waals surface area contributed by atoms with E-state index in [-0.39, 0.29) is 11.1 Å². The number of hydrogen-bond donors (Lipinski definition) is 10. The van der Waals surface area contributed by atoms with Crippen molar-refractivity contribution in [2.75, 3.05) is 19.8 Å². The van der Waals surface area contributed by atoms with E-state index in [0.717, 1.165) is 0 Å². The number of phenolic OH excluding ortho intramolecular Hbond substituents is 2. The smallest absolute Gasteiger partial charge is 0.229 e. The summed E-state index contributed by atoms with van der Waals surface area (Å²) in [5, 5.41) is 106. The van der Waals surface area contributed by atoms with E-state index in [2.05, 4.69) is 0 Å². The second-order valence-electron chi connectivity index (χ2n) is 9.75. The van der Waals surface area contributed by atoms with E-state index >= 15 is 0 Å². The molecule has 0 bridgehead atoms. The van der Waals surface area contributed by atoms with Crippen LogP contribution in [0.15, 0.2) is 30.3 Å². The zero-order valence-electron chi connectivity index (χ0n) is 21.2. The number of carbonyl (C=O) groups is 1. The van der Waals surface area contributed by atoms with Crippen molar-refractivity contribution in [3.05, 3.63) is 52.6 Å². The van der Waals surface area contributed by atoms with Gasteiger partial charge in [0.2, 0.25) is 12.1 Å². The maximum atomic E-state index is 13.4. The maximum absolute atomic E-state index is 13.4. The van der Waals surface area contributed by atoms with Gasteiger partial charge in [0.1, 0.15) is 65.5 Å². The third-order valence-corrected chi connectivity index (χ3v) is 7.34. The summed E-state index contributed by atoms with van der Waals surface area (Å²) < 4.78 is 16.2. The number of hydrogen-bond acceptors (Lipinski definition) is 14. The van der Waals surface area contributed by atoms with Crippen LogP contribution >= 0.6 is 0 Å². The molecule has 14 heteroatoms. The Morgan fingerprint density at radius 1 is 0.950 bits per heavy atom. The first-order valence-electron chi connectivity index (χ1n) is 12.4. The molecule has 4 rings (SSSR count). The topological polar surface area (TPSA) is 247 Å². The summed E-state index contributed by atoms with van der Waals surface area (Å²) in [6.07, 6.45) is -14.5. The molecule has 10 N–H and O–H groups in total. The number of aromatic hydroxyl groups is 2. The molecule has 40 heavy (non-hydrogen) atoms. The highest BCUT2D eigenvalue weighted by Crippen LogP contribution is 2.51. The van der Waals surface area contributed by atoms with Crippen molar-refractivity contribution >= 4 is 5.78 Å². The number of ether oxygens (including phenoxy) is 3. The van der Waals surface area contributed by atoms with E-state index in [9.17, 15) is 55.9 Å². The van der Waals surface area contributed by atoms with E-state index in [1.165, 1.54) is 31.2 Å². The SMILES string of the molecule is Cc1c(O)c(C(=O)c2ccccc2)c(O)c([C@@]2(O)[C@H](O)[C@@H](CO)OC[C@@H]2O)c1O[C@H]1O[C@H](CO)[C@@H](O)[C@H](O)[C@H]1O. The number of aliphatic hydroxyl groups excluding tert-OH is 7. The molecule has 0 unspecified atom stereocenters. The minimum Gasteiger partial charge on any atom is -0.507 e. The van der Waals surface area contributed by atoms with Gasteiger partial charge in [0.05, 0.1) is 25.4 Å². The average Bonchev–Trinajstić information content (AvgIpc) is 2.95. The Kier molecular flexibility index (Phi) is 8.68. The van der Waals surface area contributed by atoms with E-state index in [1.54, 1.807) is 6.07 Å². The van der Waals surface area contributed by atoms with Crippen LogP contribution in [0.2, 0.25) is 0 Å². The Morgan fingerprint density at radius 2 is 1.57 bits per heavy atom. The highest BCUT2D eigenvalue weighted by molar-refractivity contribution is 6.13. The number of aliphatic hydroxyl groups is 8. The second kappa shape index (κ2) is 11.5. The Bertz CT molecular complexity index is 1220. The summed E-state index contributed by atoms with van der Waals surface area (Å²) in [7, 11) is 0. The van der Waals surface area contributed by atoms with Gasteiger partial charge in [0, 0.05) is 11.1 Å². The van der Waals surface area contributed by atoms with Gasteiger partial charge in [-0.1, -0.05) is 30.3 Å². The highest BCUT2D eigenvalue weighted by atomic mass is 16.7. The van der Waals surface area contributed by atoms with Crippen molar-refractivity contribution in [2.45, 2.75) is 61.5 Å². The van der Waals surface area contributed by atoms with Crippen LogP contribution in [0.1, 0.15) is 27.0 Å². The van der Waals surface area contributed by atoms with Gasteiger partial charge >= 0.3 is 0 Å². The molecule has 14 nitrogen and oxygen atoms in total. The molecule has 9 atom stereocenters. The molecule has 2 aliphatic rings. The van der Waals surface area contributed by atoms with Gasteiger partial charge in [0.25, 0.3) is 0 Å².